The molecule has 1 heterocycles. The van der Waals surface area contributed by atoms with Crippen molar-refractivity contribution in [2.75, 3.05) is 18.0 Å². The van der Waals surface area contributed by atoms with Crippen molar-refractivity contribution in [2.24, 2.45) is 0 Å². The predicted octanol–water partition coefficient (Wildman–Crippen LogP) is 3.83. The zero-order valence-electron chi connectivity index (χ0n) is 11.3. The Morgan fingerprint density at radius 2 is 1.90 bits per heavy atom. The number of alkyl halides is 3. The molecule has 1 N–H and O–H groups in total. The van der Waals surface area contributed by atoms with E-state index in [0.29, 0.717) is 13.0 Å². The largest absolute Gasteiger partial charge is 0.412 e. The summed E-state index contributed by atoms with van der Waals surface area (Å²) in [5.41, 5.74) is 1.28. The van der Waals surface area contributed by atoms with Gasteiger partial charge in [-0.25, -0.2) is 0 Å². The van der Waals surface area contributed by atoms with Crippen molar-refractivity contribution in [1.82, 2.24) is 0 Å². The molecule has 0 aromatic heterocycles. The molecule has 0 spiro atoms. The van der Waals surface area contributed by atoms with Crippen LogP contribution in [0.25, 0.3) is 0 Å². The molecule has 2 nitrogen and oxygen atoms in total. The fourth-order valence-electron chi connectivity index (χ4n) is 2.30. The molecule has 2 rings (SSSR count). The van der Waals surface area contributed by atoms with E-state index in [-0.39, 0.29) is 13.0 Å². The van der Waals surface area contributed by atoms with E-state index in [1.54, 1.807) is 0 Å². The number of hydrogen-bond donors (Lipinski definition) is 1. The van der Waals surface area contributed by atoms with Gasteiger partial charge in [-0.1, -0.05) is 25.1 Å². The second kappa shape index (κ2) is 5.87. The number of aliphatic hydroxyl groups is 1. The Kier molecular flexibility index (Phi) is 4.38. The minimum atomic E-state index is -4.21. The summed E-state index contributed by atoms with van der Waals surface area (Å²) in [6.45, 7) is 2.53. The lowest BCUT2D eigenvalue weighted by atomic mass is 10.0. The predicted molar refractivity (Wildman–Crippen MR) is 72.7 cm³/mol. The van der Waals surface area contributed by atoms with Crippen LogP contribution in [0, 0.1) is 0 Å². The summed E-state index contributed by atoms with van der Waals surface area (Å²) in [7, 11) is 0. The average molecular weight is 285 g/mol. The lowest BCUT2D eigenvalue weighted by Gasteiger charge is -2.29. The normalized spacial score (nSPS) is 17.9. The van der Waals surface area contributed by atoms with Gasteiger partial charge >= 0.3 is 6.18 Å². The zero-order valence-corrected chi connectivity index (χ0v) is 11.3. The molecule has 1 aliphatic heterocycles. The van der Waals surface area contributed by atoms with Gasteiger partial charge in [0.25, 0.3) is 0 Å². The lowest BCUT2D eigenvalue weighted by molar-refractivity contribution is -0.0943. The van der Waals surface area contributed by atoms with Crippen LogP contribution < -0.4 is 4.90 Å². The molecule has 0 unspecified atom stereocenters. The highest BCUT2D eigenvalue weighted by Crippen LogP contribution is 2.31. The maximum atomic E-state index is 12.5. The van der Waals surface area contributed by atoms with Gasteiger partial charge in [0.1, 0.15) is 0 Å². The molecule has 0 amide bonds. The van der Waals surface area contributed by atoms with Crippen molar-refractivity contribution < 1.29 is 18.3 Å². The quantitative estimate of drug-likeness (QED) is 0.853. The Bertz CT molecular complexity index is 479. The molecule has 0 aliphatic carbocycles. The topological polar surface area (TPSA) is 23.5 Å². The summed E-state index contributed by atoms with van der Waals surface area (Å²) >= 11 is 0. The van der Waals surface area contributed by atoms with E-state index in [9.17, 15) is 18.3 Å². The Balaban J connectivity index is 2.06. The SMILES string of the molecule is CC[C@H](O)c1ccc(N2CC=C(C(F)(F)F)CC2)cc1. The lowest BCUT2D eigenvalue weighted by Crippen LogP contribution is -2.31. The van der Waals surface area contributed by atoms with Crippen LogP contribution in [0.5, 0.6) is 0 Å². The van der Waals surface area contributed by atoms with Gasteiger partial charge in [-0.3, -0.25) is 0 Å². The monoisotopic (exact) mass is 285 g/mol. The minimum Gasteiger partial charge on any atom is -0.388 e. The summed E-state index contributed by atoms with van der Waals surface area (Å²) in [6.07, 6.45) is -2.79. The molecule has 0 fully saturated rings. The molecule has 110 valence electrons. The van der Waals surface area contributed by atoms with Gasteiger partial charge < -0.3 is 10.0 Å². The number of anilines is 1. The van der Waals surface area contributed by atoms with Crippen LogP contribution in [0.3, 0.4) is 0 Å². The van der Waals surface area contributed by atoms with Crippen molar-refractivity contribution in [1.29, 1.82) is 0 Å². The van der Waals surface area contributed by atoms with Crippen molar-refractivity contribution in [2.45, 2.75) is 32.0 Å². The van der Waals surface area contributed by atoms with Crippen molar-refractivity contribution in [3.05, 3.63) is 41.5 Å². The van der Waals surface area contributed by atoms with E-state index in [2.05, 4.69) is 0 Å². The van der Waals surface area contributed by atoms with Gasteiger partial charge in [-0.05, 0) is 30.5 Å². The third kappa shape index (κ3) is 3.33. The van der Waals surface area contributed by atoms with Gasteiger partial charge in [0.05, 0.1) is 6.10 Å². The summed E-state index contributed by atoms with van der Waals surface area (Å²) in [5, 5.41) is 9.71. The van der Waals surface area contributed by atoms with Crippen molar-refractivity contribution in [3.63, 3.8) is 0 Å². The molecular formula is C15H18F3NO. The Labute approximate surface area is 116 Å². The fourth-order valence-corrected chi connectivity index (χ4v) is 2.30. The molecule has 1 aromatic rings. The number of nitrogens with zero attached hydrogens (tertiary/aromatic N) is 1. The Hall–Kier alpha value is -1.49. The van der Waals surface area contributed by atoms with Crippen LogP contribution in [0.2, 0.25) is 0 Å². The molecule has 5 heteroatoms. The fraction of sp³-hybridized carbons (Fsp3) is 0.467. The first-order valence-electron chi connectivity index (χ1n) is 6.71. The second-order valence-corrected chi connectivity index (χ2v) is 4.94. The van der Waals surface area contributed by atoms with E-state index >= 15 is 0 Å². The van der Waals surface area contributed by atoms with E-state index in [1.807, 2.05) is 36.1 Å². The number of halogens is 3. The Morgan fingerprint density at radius 1 is 1.25 bits per heavy atom. The third-order valence-corrected chi connectivity index (χ3v) is 3.60. The third-order valence-electron chi connectivity index (χ3n) is 3.60. The van der Waals surface area contributed by atoms with Crippen LogP contribution in [0.15, 0.2) is 35.9 Å². The van der Waals surface area contributed by atoms with Crippen molar-refractivity contribution in [3.8, 4) is 0 Å². The molecule has 1 aromatic carbocycles. The molecule has 20 heavy (non-hydrogen) atoms. The van der Waals surface area contributed by atoms with Gasteiger partial charge in [0, 0.05) is 24.4 Å². The van der Waals surface area contributed by atoms with Gasteiger partial charge in [-0.2, -0.15) is 13.2 Å². The van der Waals surface area contributed by atoms with Crippen molar-refractivity contribution >= 4 is 5.69 Å². The molecule has 0 saturated carbocycles. The minimum absolute atomic E-state index is 0.0167. The maximum absolute atomic E-state index is 12.5. The average Bonchev–Trinajstić information content (AvgIpc) is 2.46. The Morgan fingerprint density at radius 3 is 2.35 bits per heavy atom. The summed E-state index contributed by atoms with van der Waals surface area (Å²) < 4.78 is 37.6. The van der Waals surface area contributed by atoms with E-state index in [1.165, 1.54) is 6.08 Å². The van der Waals surface area contributed by atoms with Crippen LogP contribution in [0.4, 0.5) is 18.9 Å². The van der Waals surface area contributed by atoms with Gasteiger partial charge in [-0.15, -0.1) is 0 Å². The van der Waals surface area contributed by atoms with E-state index in [0.717, 1.165) is 11.3 Å². The molecule has 0 radical (unpaired) electrons. The number of rotatable bonds is 3. The van der Waals surface area contributed by atoms with Crippen LogP contribution in [-0.2, 0) is 0 Å². The zero-order chi connectivity index (χ0) is 14.8. The first-order valence-corrected chi connectivity index (χ1v) is 6.71. The van der Waals surface area contributed by atoms with E-state index < -0.39 is 17.9 Å². The highest BCUT2D eigenvalue weighted by atomic mass is 19.4. The number of hydrogen-bond acceptors (Lipinski definition) is 2. The molecule has 1 aliphatic rings. The number of aliphatic hydroxyl groups excluding tert-OH is 1. The van der Waals surface area contributed by atoms with Gasteiger partial charge in [0.2, 0.25) is 0 Å². The smallest absolute Gasteiger partial charge is 0.388 e. The highest BCUT2D eigenvalue weighted by molar-refractivity contribution is 5.49. The summed E-state index contributed by atoms with van der Waals surface area (Å²) in [4.78, 5) is 1.90. The van der Waals surface area contributed by atoms with Crippen LogP contribution in [0.1, 0.15) is 31.4 Å². The summed E-state index contributed by atoms with van der Waals surface area (Å²) in [5.74, 6) is 0. The molecular weight excluding hydrogens is 267 g/mol. The first-order chi connectivity index (χ1) is 9.41. The molecule has 0 bridgehead atoms. The van der Waals surface area contributed by atoms with Crippen LogP contribution in [-0.4, -0.2) is 24.4 Å². The molecule has 0 saturated heterocycles. The molecule has 1 atom stereocenters. The highest BCUT2D eigenvalue weighted by Gasteiger charge is 2.34. The van der Waals surface area contributed by atoms with Crippen LogP contribution >= 0.6 is 0 Å². The first kappa shape index (κ1) is 14.9. The summed E-state index contributed by atoms with van der Waals surface area (Å²) in [6, 6.07) is 7.35. The van der Waals surface area contributed by atoms with Gasteiger partial charge in [0.15, 0.2) is 0 Å². The number of benzene rings is 1. The standard InChI is InChI=1S/C15H18F3NO/c1-2-14(20)11-3-5-13(6-4-11)19-9-7-12(8-10-19)15(16,17)18/h3-7,14,20H,2,8-10H2,1H3/t14-/m0/s1. The second-order valence-electron chi connectivity index (χ2n) is 4.94. The maximum Gasteiger partial charge on any atom is 0.412 e. The van der Waals surface area contributed by atoms with E-state index in [4.69, 9.17) is 0 Å².